The molecule has 1 aromatic rings. The number of nitrogens with one attached hydrogen (secondary N) is 2. The second-order valence-corrected chi connectivity index (χ2v) is 8.89. The van der Waals surface area contributed by atoms with Gasteiger partial charge in [-0.25, -0.2) is 13.1 Å². The van der Waals surface area contributed by atoms with E-state index in [9.17, 15) is 8.42 Å². The van der Waals surface area contributed by atoms with Crippen LogP contribution in [0.3, 0.4) is 0 Å². The maximum Gasteiger partial charge on any atom is 0.250 e. The second kappa shape index (κ2) is 7.22. The first kappa shape index (κ1) is 16.9. The Bertz CT molecular complexity index is 542. The van der Waals surface area contributed by atoms with E-state index in [-0.39, 0.29) is 5.54 Å². The maximum absolute atomic E-state index is 12.5. The SMILES string of the molecule is CCCNCCc1ccc(S(=O)(=O)NC2(CC)CCC2)s1. The average Bonchev–Trinajstić information content (AvgIpc) is 2.89. The van der Waals surface area contributed by atoms with Crippen molar-refractivity contribution in [2.45, 2.75) is 62.1 Å². The zero-order valence-corrected chi connectivity index (χ0v) is 14.6. The molecule has 4 nitrogen and oxygen atoms in total. The number of thiophene rings is 1. The van der Waals surface area contributed by atoms with E-state index in [1.165, 1.54) is 11.3 Å². The molecule has 1 fully saturated rings. The predicted molar refractivity (Wildman–Crippen MR) is 88.4 cm³/mol. The van der Waals surface area contributed by atoms with Crippen molar-refractivity contribution in [3.05, 3.63) is 17.0 Å². The van der Waals surface area contributed by atoms with Gasteiger partial charge in [0.25, 0.3) is 10.0 Å². The molecule has 1 aliphatic rings. The van der Waals surface area contributed by atoms with Crippen molar-refractivity contribution in [2.75, 3.05) is 13.1 Å². The van der Waals surface area contributed by atoms with Gasteiger partial charge in [-0.3, -0.25) is 0 Å². The van der Waals surface area contributed by atoms with Crippen LogP contribution in [-0.4, -0.2) is 27.0 Å². The van der Waals surface area contributed by atoms with Crippen molar-refractivity contribution in [2.24, 2.45) is 0 Å². The Kier molecular flexibility index (Phi) is 5.82. The summed E-state index contributed by atoms with van der Waals surface area (Å²) < 4.78 is 28.3. The van der Waals surface area contributed by atoms with Crippen LogP contribution < -0.4 is 10.0 Å². The van der Waals surface area contributed by atoms with Crippen LogP contribution in [0.15, 0.2) is 16.3 Å². The molecule has 2 rings (SSSR count). The minimum atomic E-state index is -3.36. The highest BCUT2D eigenvalue weighted by Gasteiger charge is 2.39. The van der Waals surface area contributed by atoms with E-state index < -0.39 is 10.0 Å². The van der Waals surface area contributed by atoms with Gasteiger partial charge in [0.15, 0.2) is 0 Å². The second-order valence-electron chi connectivity index (χ2n) is 5.81. The Labute approximate surface area is 132 Å². The van der Waals surface area contributed by atoms with E-state index in [4.69, 9.17) is 0 Å². The summed E-state index contributed by atoms with van der Waals surface area (Å²) in [5.41, 5.74) is -0.189. The average molecular weight is 331 g/mol. The third-order valence-corrected chi connectivity index (χ3v) is 7.43. The van der Waals surface area contributed by atoms with Gasteiger partial charge in [-0.2, -0.15) is 0 Å². The van der Waals surface area contributed by atoms with Gasteiger partial charge in [0.2, 0.25) is 0 Å². The number of sulfonamides is 1. The van der Waals surface area contributed by atoms with Crippen molar-refractivity contribution in [3.8, 4) is 0 Å². The van der Waals surface area contributed by atoms with Gasteiger partial charge >= 0.3 is 0 Å². The lowest BCUT2D eigenvalue weighted by molar-refractivity contribution is 0.214. The quantitative estimate of drug-likeness (QED) is 0.685. The Morgan fingerprint density at radius 2 is 2.00 bits per heavy atom. The molecule has 0 atom stereocenters. The summed E-state index contributed by atoms with van der Waals surface area (Å²) in [7, 11) is -3.36. The largest absolute Gasteiger partial charge is 0.316 e. The van der Waals surface area contributed by atoms with Crippen LogP contribution in [0.25, 0.3) is 0 Å². The van der Waals surface area contributed by atoms with Crippen LogP contribution in [0.2, 0.25) is 0 Å². The highest BCUT2D eigenvalue weighted by molar-refractivity contribution is 7.91. The number of hydrogen-bond donors (Lipinski definition) is 2. The zero-order valence-electron chi connectivity index (χ0n) is 12.9. The molecule has 120 valence electrons. The van der Waals surface area contributed by atoms with Gasteiger partial charge in [0.05, 0.1) is 0 Å². The zero-order chi connectivity index (χ0) is 15.3. The monoisotopic (exact) mass is 330 g/mol. The molecule has 1 aromatic heterocycles. The molecular formula is C15H26N2O2S2. The molecule has 1 saturated carbocycles. The van der Waals surface area contributed by atoms with Gasteiger partial charge < -0.3 is 5.32 Å². The molecule has 0 amide bonds. The van der Waals surface area contributed by atoms with E-state index >= 15 is 0 Å². The molecule has 0 radical (unpaired) electrons. The molecule has 2 N–H and O–H groups in total. The van der Waals surface area contributed by atoms with E-state index in [0.29, 0.717) is 4.21 Å². The third-order valence-electron chi connectivity index (χ3n) is 4.22. The highest BCUT2D eigenvalue weighted by Crippen LogP contribution is 2.36. The van der Waals surface area contributed by atoms with Gasteiger partial charge in [-0.05, 0) is 63.7 Å². The Hall–Kier alpha value is -0.430. The molecule has 0 aliphatic heterocycles. The summed E-state index contributed by atoms with van der Waals surface area (Å²) in [5.74, 6) is 0. The van der Waals surface area contributed by atoms with E-state index in [0.717, 1.165) is 56.5 Å². The minimum absolute atomic E-state index is 0.189. The van der Waals surface area contributed by atoms with Gasteiger partial charge in [-0.15, -0.1) is 11.3 Å². The van der Waals surface area contributed by atoms with Crippen LogP contribution in [0.1, 0.15) is 50.8 Å². The standard InChI is InChI=1S/C15H26N2O2S2/c1-3-11-16-12-8-13-6-7-14(20-13)21(18,19)17-15(4-2)9-5-10-15/h6-7,16-17H,3-5,8-12H2,1-2H3. The molecule has 21 heavy (non-hydrogen) atoms. The fourth-order valence-electron chi connectivity index (χ4n) is 2.62. The Morgan fingerprint density at radius 3 is 2.57 bits per heavy atom. The summed E-state index contributed by atoms with van der Waals surface area (Å²) in [6.07, 6.45) is 5.91. The summed E-state index contributed by atoms with van der Waals surface area (Å²) in [6, 6.07) is 3.68. The fourth-order valence-corrected chi connectivity index (χ4v) is 5.50. The Morgan fingerprint density at radius 1 is 1.24 bits per heavy atom. The first-order valence-corrected chi connectivity index (χ1v) is 10.1. The maximum atomic E-state index is 12.5. The summed E-state index contributed by atoms with van der Waals surface area (Å²) >= 11 is 1.39. The van der Waals surface area contributed by atoms with Crippen molar-refractivity contribution in [1.82, 2.24) is 10.0 Å². The topological polar surface area (TPSA) is 58.2 Å². The minimum Gasteiger partial charge on any atom is -0.316 e. The smallest absolute Gasteiger partial charge is 0.250 e. The molecule has 0 unspecified atom stereocenters. The lowest BCUT2D eigenvalue weighted by Gasteiger charge is -2.41. The van der Waals surface area contributed by atoms with Crippen molar-refractivity contribution >= 4 is 21.4 Å². The molecule has 0 aromatic carbocycles. The molecule has 1 heterocycles. The molecule has 0 spiro atoms. The van der Waals surface area contributed by atoms with Gasteiger partial charge in [-0.1, -0.05) is 13.8 Å². The number of hydrogen-bond acceptors (Lipinski definition) is 4. The van der Waals surface area contributed by atoms with E-state index in [1.807, 2.05) is 6.07 Å². The van der Waals surface area contributed by atoms with Crippen LogP contribution in [0, 0.1) is 0 Å². The summed E-state index contributed by atoms with van der Waals surface area (Å²) in [4.78, 5) is 1.12. The van der Waals surface area contributed by atoms with Crippen LogP contribution in [0.4, 0.5) is 0 Å². The van der Waals surface area contributed by atoms with Crippen molar-refractivity contribution in [1.29, 1.82) is 0 Å². The summed E-state index contributed by atoms with van der Waals surface area (Å²) in [5, 5.41) is 3.34. The first-order valence-electron chi connectivity index (χ1n) is 7.85. The summed E-state index contributed by atoms with van der Waals surface area (Å²) in [6.45, 7) is 6.11. The van der Waals surface area contributed by atoms with Crippen molar-refractivity contribution < 1.29 is 8.42 Å². The van der Waals surface area contributed by atoms with Crippen LogP contribution in [-0.2, 0) is 16.4 Å². The van der Waals surface area contributed by atoms with E-state index in [2.05, 4.69) is 23.9 Å². The normalized spacial score (nSPS) is 17.6. The lowest BCUT2D eigenvalue weighted by atomic mass is 9.76. The first-order chi connectivity index (χ1) is 10.0. The molecule has 6 heteroatoms. The van der Waals surface area contributed by atoms with Crippen molar-refractivity contribution in [3.63, 3.8) is 0 Å². The predicted octanol–water partition coefficient (Wildman–Crippen LogP) is 2.90. The fraction of sp³-hybridized carbons (Fsp3) is 0.733. The molecular weight excluding hydrogens is 304 g/mol. The number of rotatable bonds is 9. The van der Waals surface area contributed by atoms with Crippen LogP contribution in [0.5, 0.6) is 0 Å². The molecule has 0 saturated heterocycles. The third kappa shape index (κ3) is 4.28. The Balaban J connectivity index is 1.96. The molecule has 0 bridgehead atoms. The lowest BCUT2D eigenvalue weighted by Crippen LogP contribution is -2.52. The highest BCUT2D eigenvalue weighted by atomic mass is 32.2. The van der Waals surface area contributed by atoms with Crippen LogP contribution >= 0.6 is 11.3 Å². The van der Waals surface area contributed by atoms with Gasteiger partial charge in [0, 0.05) is 10.4 Å². The van der Waals surface area contributed by atoms with E-state index in [1.54, 1.807) is 6.07 Å². The van der Waals surface area contributed by atoms with Gasteiger partial charge in [0.1, 0.15) is 4.21 Å². The molecule has 1 aliphatic carbocycles.